The van der Waals surface area contributed by atoms with Gasteiger partial charge in [-0.15, -0.1) is 0 Å². The summed E-state index contributed by atoms with van der Waals surface area (Å²) in [5.74, 6) is 0.446. The van der Waals surface area contributed by atoms with Crippen LogP contribution in [0.1, 0.15) is 47.5 Å². The second kappa shape index (κ2) is 10.3. The van der Waals surface area contributed by atoms with Crippen LogP contribution in [-0.2, 0) is 9.47 Å². The second-order valence-electron chi connectivity index (χ2n) is 9.08. The van der Waals surface area contributed by atoms with Gasteiger partial charge in [0.2, 0.25) is 0 Å². The number of rotatable bonds is 5. The maximum absolute atomic E-state index is 12.7. The Hall–Kier alpha value is -1.54. The lowest BCUT2D eigenvalue weighted by Crippen LogP contribution is -2.55. The summed E-state index contributed by atoms with van der Waals surface area (Å²) < 4.78 is 10.8. The quantitative estimate of drug-likeness (QED) is 0.741. The molecule has 2 heterocycles. The number of amides is 3. The predicted molar refractivity (Wildman–Crippen MR) is 108 cm³/mol. The fourth-order valence-electron chi connectivity index (χ4n) is 3.75. The number of ether oxygens (including phenoxy) is 2. The minimum Gasteiger partial charge on any atom is -0.444 e. The predicted octanol–water partition coefficient (Wildman–Crippen LogP) is 2.04. The molecule has 0 aliphatic carbocycles. The molecule has 2 aliphatic rings. The van der Waals surface area contributed by atoms with E-state index in [1.54, 1.807) is 4.90 Å². The van der Waals surface area contributed by atoms with Gasteiger partial charge >= 0.3 is 12.1 Å². The fraction of sp³-hybridized carbons (Fsp3) is 0.900. The topological polar surface area (TPSA) is 83.1 Å². The Bertz CT molecular complexity index is 515. The molecule has 8 nitrogen and oxygen atoms in total. The van der Waals surface area contributed by atoms with Gasteiger partial charge in [-0.3, -0.25) is 4.90 Å². The average molecular weight is 399 g/mol. The van der Waals surface area contributed by atoms with Crippen molar-refractivity contribution in [2.75, 3.05) is 45.9 Å². The number of urea groups is 1. The first-order valence-corrected chi connectivity index (χ1v) is 10.5. The highest BCUT2D eigenvalue weighted by atomic mass is 16.6. The molecule has 0 saturated carbocycles. The number of piperidine rings is 1. The lowest BCUT2D eigenvalue weighted by Gasteiger charge is -2.38. The number of carbonyl (C=O) groups excluding carboxylic acids is 2. The largest absolute Gasteiger partial charge is 0.444 e. The number of nitrogens with one attached hydrogen (secondary N) is 2. The molecule has 2 atom stereocenters. The van der Waals surface area contributed by atoms with E-state index in [1.165, 1.54) is 0 Å². The van der Waals surface area contributed by atoms with Crippen molar-refractivity contribution < 1.29 is 19.1 Å². The molecule has 0 aromatic rings. The zero-order valence-corrected chi connectivity index (χ0v) is 18.1. The van der Waals surface area contributed by atoms with E-state index in [-0.39, 0.29) is 12.1 Å². The molecule has 0 bridgehead atoms. The van der Waals surface area contributed by atoms with Crippen LogP contribution >= 0.6 is 0 Å². The molecule has 0 radical (unpaired) electrons. The average Bonchev–Trinajstić information content (AvgIpc) is 2.61. The Balaban J connectivity index is 1.81. The molecule has 28 heavy (non-hydrogen) atoms. The molecule has 2 saturated heterocycles. The van der Waals surface area contributed by atoms with Gasteiger partial charge in [0, 0.05) is 44.8 Å². The molecule has 0 aromatic heterocycles. The Morgan fingerprint density at radius 3 is 2.46 bits per heavy atom. The van der Waals surface area contributed by atoms with Crippen molar-refractivity contribution in [1.82, 2.24) is 20.4 Å². The van der Waals surface area contributed by atoms with Crippen molar-refractivity contribution in [3.63, 3.8) is 0 Å². The van der Waals surface area contributed by atoms with Crippen LogP contribution in [0.2, 0.25) is 0 Å². The van der Waals surface area contributed by atoms with Crippen molar-refractivity contribution in [3.8, 4) is 0 Å². The Kier molecular flexibility index (Phi) is 8.37. The van der Waals surface area contributed by atoms with Gasteiger partial charge in [0.05, 0.1) is 13.2 Å². The standard InChI is InChI=1S/C20H38N4O4/c1-15(2)17(23-9-11-27-12-10-23)13-21-18(25)24-8-6-7-16(14-24)22-19(26)28-20(3,4)5/h15-17H,6-14H2,1-5H3,(H,21,25)(H,22,26). The van der Waals surface area contributed by atoms with E-state index in [1.807, 2.05) is 20.8 Å². The number of alkyl carbamates (subject to hydrolysis) is 1. The van der Waals surface area contributed by atoms with Gasteiger partial charge in [-0.1, -0.05) is 13.8 Å². The van der Waals surface area contributed by atoms with E-state index in [4.69, 9.17) is 9.47 Å². The molecule has 2 fully saturated rings. The fourth-order valence-corrected chi connectivity index (χ4v) is 3.75. The summed E-state index contributed by atoms with van der Waals surface area (Å²) in [6, 6.07) is 0.164. The molecular formula is C20H38N4O4. The van der Waals surface area contributed by atoms with Gasteiger partial charge in [-0.05, 0) is 39.5 Å². The maximum atomic E-state index is 12.7. The highest BCUT2D eigenvalue weighted by molar-refractivity contribution is 5.74. The van der Waals surface area contributed by atoms with E-state index in [0.29, 0.717) is 31.6 Å². The number of hydrogen-bond acceptors (Lipinski definition) is 5. The van der Waals surface area contributed by atoms with Crippen molar-refractivity contribution >= 4 is 12.1 Å². The van der Waals surface area contributed by atoms with Crippen LogP contribution in [0.4, 0.5) is 9.59 Å². The van der Waals surface area contributed by atoms with Gasteiger partial charge in [0.15, 0.2) is 0 Å². The lowest BCUT2D eigenvalue weighted by atomic mass is 10.0. The first-order chi connectivity index (χ1) is 13.2. The first-order valence-electron chi connectivity index (χ1n) is 10.5. The third kappa shape index (κ3) is 7.47. The zero-order chi connectivity index (χ0) is 20.7. The van der Waals surface area contributed by atoms with Crippen LogP contribution in [-0.4, -0.2) is 85.5 Å². The lowest BCUT2D eigenvalue weighted by molar-refractivity contribution is 0.00684. The van der Waals surface area contributed by atoms with Crippen LogP contribution in [0.3, 0.4) is 0 Å². The Labute approximate surface area is 169 Å². The third-order valence-electron chi connectivity index (χ3n) is 5.18. The summed E-state index contributed by atoms with van der Waals surface area (Å²) in [4.78, 5) is 28.9. The van der Waals surface area contributed by atoms with Gasteiger partial charge in [-0.25, -0.2) is 9.59 Å². The van der Waals surface area contributed by atoms with Crippen LogP contribution in [0, 0.1) is 5.92 Å². The van der Waals surface area contributed by atoms with Crippen molar-refractivity contribution in [1.29, 1.82) is 0 Å². The van der Waals surface area contributed by atoms with E-state index in [9.17, 15) is 9.59 Å². The minimum absolute atomic E-state index is 0.0606. The molecule has 2 N–H and O–H groups in total. The van der Waals surface area contributed by atoms with Gasteiger partial charge in [0.25, 0.3) is 0 Å². The molecule has 0 spiro atoms. The highest BCUT2D eigenvalue weighted by Crippen LogP contribution is 2.14. The first kappa shape index (κ1) is 22.7. The third-order valence-corrected chi connectivity index (χ3v) is 5.18. The van der Waals surface area contributed by atoms with Crippen LogP contribution in [0.5, 0.6) is 0 Å². The van der Waals surface area contributed by atoms with E-state index in [2.05, 4.69) is 29.4 Å². The van der Waals surface area contributed by atoms with Gasteiger partial charge in [-0.2, -0.15) is 0 Å². The minimum atomic E-state index is -0.527. The Morgan fingerprint density at radius 1 is 1.18 bits per heavy atom. The molecule has 3 amide bonds. The highest BCUT2D eigenvalue weighted by Gasteiger charge is 2.28. The maximum Gasteiger partial charge on any atom is 0.407 e. The normalized spacial score (nSPS) is 22.6. The molecule has 2 rings (SSSR count). The number of nitrogens with zero attached hydrogens (tertiary/aromatic N) is 2. The molecule has 0 aromatic carbocycles. The summed E-state index contributed by atoms with van der Waals surface area (Å²) in [6.07, 6.45) is 1.29. The van der Waals surface area contributed by atoms with E-state index < -0.39 is 11.7 Å². The molecule has 162 valence electrons. The van der Waals surface area contributed by atoms with Crippen LogP contribution < -0.4 is 10.6 Å². The summed E-state index contributed by atoms with van der Waals surface area (Å²) >= 11 is 0. The number of morpholine rings is 1. The van der Waals surface area contributed by atoms with E-state index >= 15 is 0 Å². The smallest absolute Gasteiger partial charge is 0.407 e. The number of likely N-dealkylation sites (tertiary alicyclic amines) is 1. The Morgan fingerprint density at radius 2 is 1.86 bits per heavy atom. The monoisotopic (exact) mass is 398 g/mol. The zero-order valence-electron chi connectivity index (χ0n) is 18.1. The van der Waals surface area contributed by atoms with Crippen LogP contribution in [0.25, 0.3) is 0 Å². The van der Waals surface area contributed by atoms with Gasteiger partial charge in [0.1, 0.15) is 5.60 Å². The summed E-state index contributed by atoms with van der Waals surface area (Å²) in [5.41, 5.74) is -0.527. The molecule has 8 heteroatoms. The van der Waals surface area contributed by atoms with Crippen LogP contribution in [0.15, 0.2) is 0 Å². The van der Waals surface area contributed by atoms with Crippen molar-refractivity contribution in [3.05, 3.63) is 0 Å². The summed E-state index contributed by atoms with van der Waals surface area (Å²) in [7, 11) is 0. The van der Waals surface area contributed by atoms with E-state index in [0.717, 1.165) is 39.1 Å². The molecule has 2 unspecified atom stereocenters. The number of carbonyl (C=O) groups is 2. The van der Waals surface area contributed by atoms with Gasteiger partial charge < -0.3 is 25.0 Å². The number of hydrogen-bond donors (Lipinski definition) is 2. The van der Waals surface area contributed by atoms with Crippen molar-refractivity contribution in [2.24, 2.45) is 5.92 Å². The SMILES string of the molecule is CC(C)C(CNC(=O)N1CCCC(NC(=O)OC(C)(C)C)C1)N1CCOCC1. The summed E-state index contributed by atoms with van der Waals surface area (Å²) in [5, 5.41) is 5.99. The van der Waals surface area contributed by atoms with Crippen molar-refractivity contribution in [2.45, 2.75) is 65.1 Å². The molecular weight excluding hydrogens is 360 g/mol. The summed E-state index contributed by atoms with van der Waals surface area (Å²) in [6.45, 7) is 15.1. The second-order valence-corrected chi connectivity index (χ2v) is 9.08. The molecule has 2 aliphatic heterocycles.